The number of benzene rings is 5. The molecule has 2 amide bonds. The van der Waals surface area contributed by atoms with Gasteiger partial charge in [0.1, 0.15) is 48.0 Å². The number of Topliss-reactive ketones (excluding diaryl/α,β-unsaturated/α-hetero) is 4. The number of ether oxygens (including phenoxy) is 5. The molecule has 0 saturated heterocycles. The summed E-state index contributed by atoms with van der Waals surface area (Å²) >= 11 is 6.79. The Hall–Kier alpha value is -7.87. The van der Waals surface area contributed by atoms with Crippen LogP contribution in [0.15, 0.2) is 99.9 Å². The summed E-state index contributed by atoms with van der Waals surface area (Å²) in [5.74, 6) is 0.0859. The van der Waals surface area contributed by atoms with Crippen molar-refractivity contribution in [1.82, 2.24) is 20.2 Å². The largest absolute Gasteiger partial charge is 0.493 e. The minimum atomic E-state index is -1.25. The van der Waals surface area contributed by atoms with E-state index in [4.69, 9.17) is 50.9 Å². The molecule has 7 N–H and O–H groups in total. The fourth-order valence-electron chi connectivity index (χ4n) is 13.0. The summed E-state index contributed by atoms with van der Waals surface area (Å²) in [7, 11) is 1.51. The third-order valence-electron chi connectivity index (χ3n) is 18.4. The third-order valence-corrected chi connectivity index (χ3v) is 19.4. The highest BCUT2D eigenvalue weighted by molar-refractivity contribution is 9.10. The fourth-order valence-corrected chi connectivity index (χ4v) is 13.7. The van der Waals surface area contributed by atoms with E-state index in [2.05, 4.69) is 61.4 Å². The number of halogens is 2. The van der Waals surface area contributed by atoms with Gasteiger partial charge in [0.2, 0.25) is 11.8 Å². The van der Waals surface area contributed by atoms with Crippen molar-refractivity contribution in [3.8, 4) is 57.3 Å². The molecule has 0 radical (unpaired) electrons. The highest BCUT2D eigenvalue weighted by Crippen LogP contribution is 2.57. The molecule has 6 aromatic rings. The van der Waals surface area contributed by atoms with Gasteiger partial charge in [-0.15, -0.1) is 0 Å². The van der Waals surface area contributed by atoms with Gasteiger partial charge in [-0.2, -0.15) is 5.26 Å². The molecule has 2 saturated carbocycles. The van der Waals surface area contributed by atoms with Crippen LogP contribution in [0.1, 0.15) is 144 Å². The fraction of sp³-hybridized carbons (Fsp3) is 0.431. The Morgan fingerprint density at radius 2 is 1.31 bits per heavy atom. The van der Waals surface area contributed by atoms with E-state index in [1.165, 1.54) is 42.3 Å². The van der Waals surface area contributed by atoms with Gasteiger partial charge >= 0.3 is 0 Å². The highest BCUT2D eigenvalue weighted by atomic mass is 79.9. The molecule has 1 aromatic heterocycles. The summed E-state index contributed by atoms with van der Waals surface area (Å²) in [6, 6.07) is 28.2. The van der Waals surface area contributed by atoms with Crippen LogP contribution in [0.25, 0.3) is 22.5 Å². The first-order valence-corrected chi connectivity index (χ1v) is 33.5. The van der Waals surface area contributed by atoms with Crippen molar-refractivity contribution in [3.63, 3.8) is 0 Å². The predicted molar refractivity (Wildman–Crippen MR) is 359 cm³/mol. The number of hydrogen-bond donors (Lipinski definition) is 4. The molecule has 4 bridgehead atoms. The second kappa shape index (κ2) is 30.0. The number of amides is 2. The molecule has 488 valence electrons. The minimum Gasteiger partial charge on any atom is -0.493 e. The number of nitrogens with zero attached hydrogens (tertiary/aromatic N) is 4. The molecular weight excluding hydrogens is 1310 g/mol. The van der Waals surface area contributed by atoms with E-state index in [0.29, 0.717) is 92.9 Å². The van der Waals surface area contributed by atoms with Gasteiger partial charge in [-0.3, -0.25) is 28.8 Å². The Labute approximate surface area is 559 Å². The SMILES string of the molecule is Brc1ccc2c(c1)OCCC21CC1.Cc1nc(-c2ccc3c(c2)OCCC32CC2)nc(C)c1C(=O)C[C@@H](CCN)C(=O)N(C)[C@@H]1C(=O)C[C@@H](C)C(=O)N[C@H](C(=O)CCC#N)Cc2ccc(OCCN)c(c2)-c2cc1ccc2OCCN.O=C1CCOc2cc(Br)ccc21. The number of nitrogens with two attached hydrogens (primary N) is 3. The second-order valence-corrected chi connectivity index (χ2v) is 26.8. The summed E-state index contributed by atoms with van der Waals surface area (Å²) in [6.45, 7) is 7.99. The zero-order valence-corrected chi connectivity index (χ0v) is 56.3. The van der Waals surface area contributed by atoms with Crippen molar-refractivity contribution in [2.75, 3.05) is 59.7 Å². The van der Waals surface area contributed by atoms with Gasteiger partial charge in [0.05, 0.1) is 54.4 Å². The van der Waals surface area contributed by atoms with Gasteiger partial charge in [0.15, 0.2) is 29.0 Å². The zero-order valence-electron chi connectivity index (χ0n) is 53.1. The summed E-state index contributed by atoms with van der Waals surface area (Å²) in [5, 5.41) is 12.1. The molecule has 4 atom stereocenters. The molecule has 21 heteroatoms. The van der Waals surface area contributed by atoms with E-state index in [1.54, 1.807) is 57.2 Å². The molecule has 0 unspecified atom stereocenters. The van der Waals surface area contributed by atoms with Crippen molar-refractivity contribution >= 4 is 66.8 Å². The van der Waals surface area contributed by atoms with Gasteiger partial charge in [0, 0.05) is 112 Å². The van der Waals surface area contributed by atoms with Crippen LogP contribution in [-0.4, -0.2) is 116 Å². The van der Waals surface area contributed by atoms with Gasteiger partial charge in [-0.1, -0.05) is 69.1 Å². The minimum absolute atomic E-state index is 0.0325. The van der Waals surface area contributed by atoms with Crippen molar-refractivity contribution in [2.45, 2.75) is 127 Å². The molecule has 19 nitrogen and oxygen atoms in total. The number of ketones is 4. The van der Waals surface area contributed by atoms with Crippen LogP contribution >= 0.6 is 31.9 Å². The maximum atomic E-state index is 14.9. The van der Waals surface area contributed by atoms with Crippen molar-refractivity contribution in [2.24, 2.45) is 29.0 Å². The monoisotopic (exact) mass is 1390 g/mol. The molecule has 93 heavy (non-hydrogen) atoms. The first-order chi connectivity index (χ1) is 44.8. The number of nitriles is 1. The number of rotatable bonds is 17. The van der Waals surface area contributed by atoms with Gasteiger partial charge in [-0.05, 0) is 144 Å². The van der Waals surface area contributed by atoms with Crippen molar-refractivity contribution in [1.29, 1.82) is 5.26 Å². The van der Waals surface area contributed by atoms with Gasteiger partial charge < -0.3 is 51.1 Å². The Bertz CT molecular complexity index is 3860. The summed E-state index contributed by atoms with van der Waals surface area (Å²) in [4.78, 5) is 93.5. The van der Waals surface area contributed by atoms with Crippen LogP contribution < -0.4 is 46.2 Å². The van der Waals surface area contributed by atoms with E-state index in [-0.39, 0.29) is 94.1 Å². The van der Waals surface area contributed by atoms with Crippen LogP contribution in [0, 0.1) is 37.0 Å². The van der Waals surface area contributed by atoms with E-state index >= 15 is 0 Å². The Morgan fingerprint density at radius 1 is 0.720 bits per heavy atom. The molecule has 5 aromatic carbocycles. The second-order valence-electron chi connectivity index (χ2n) is 24.9. The summed E-state index contributed by atoms with van der Waals surface area (Å²) in [6.07, 6.45) is 7.32. The molecule has 2 aliphatic carbocycles. The molecule has 5 heterocycles. The molecular formula is C72H80Br2N8O11. The van der Waals surface area contributed by atoms with Crippen LogP contribution in [0.4, 0.5) is 0 Å². The van der Waals surface area contributed by atoms with Gasteiger partial charge in [-0.25, -0.2) is 9.97 Å². The summed E-state index contributed by atoms with van der Waals surface area (Å²) in [5.41, 5.74) is 26.1. The Kier molecular flexibility index (Phi) is 22.0. The lowest BCUT2D eigenvalue weighted by Gasteiger charge is -2.32. The van der Waals surface area contributed by atoms with E-state index in [0.717, 1.165) is 51.9 Å². The average Bonchev–Trinajstić information content (AvgIpc) is 1.62. The number of carbonyl (C=O) groups is 6. The molecule has 2 spiro atoms. The summed E-state index contributed by atoms with van der Waals surface area (Å²) < 4.78 is 31.4. The predicted octanol–water partition coefficient (Wildman–Crippen LogP) is 10.8. The van der Waals surface area contributed by atoms with E-state index < -0.39 is 41.5 Å². The van der Waals surface area contributed by atoms with Crippen LogP contribution in [0.5, 0.6) is 28.7 Å². The standard InChI is InChI=1S/C52H62N8O8.C11H11BrO.C9H7BrO2/c1-30-24-43(63)48(34-9-12-45(68-23-20-56)38(27-34)37-25-33(7-11-44(37)67-22-19-55)26-40(59-50(30)64)41(61)6-5-17-53)60(4)51(65)36(13-18-54)28-42(62)47-31(2)57-49(58-32(47)3)35-8-10-39-46(29-35)66-21-16-52(39)14-15-52;12-8-1-2-9-10(7-8)13-6-5-11(9)3-4-11;10-6-1-2-7-8(11)3-4-12-9(7)5-6/h7-12,25,27,29-30,36,40,48H,5-6,13-16,18-24,26,28,54-56H2,1-4H3,(H,59,64);1-2,7H,3-6H2;1-2,5H,3-4H2/t30-,36-,40+,48+;;/m1../s1. The number of hydrogen-bond acceptors (Lipinski definition) is 17. The Balaban J connectivity index is 0.000000307. The van der Waals surface area contributed by atoms with Crippen molar-refractivity contribution in [3.05, 3.63) is 145 Å². The zero-order chi connectivity index (χ0) is 66.1. The first-order valence-electron chi connectivity index (χ1n) is 32.0. The molecule has 12 rings (SSSR count). The van der Waals surface area contributed by atoms with Crippen molar-refractivity contribution < 1.29 is 52.5 Å². The number of carbonyl (C=O) groups excluding carboxylic acids is 6. The van der Waals surface area contributed by atoms with Crippen LogP contribution in [0.3, 0.4) is 0 Å². The number of likely N-dealkylation sites (N-methyl/N-ethyl adjacent to an activating group) is 1. The highest BCUT2D eigenvalue weighted by Gasteiger charge is 2.49. The number of aryl methyl sites for hydroxylation is 2. The van der Waals surface area contributed by atoms with Crippen LogP contribution in [0.2, 0.25) is 0 Å². The number of nitrogens with one attached hydrogen (secondary N) is 1. The lowest BCUT2D eigenvalue weighted by molar-refractivity contribution is -0.142. The topological polar surface area (TPSA) is 291 Å². The number of aromatic nitrogens is 2. The molecule has 4 aliphatic heterocycles. The van der Waals surface area contributed by atoms with E-state index in [1.807, 2.05) is 36.4 Å². The normalized spacial score (nSPS) is 18.8. The lowest BCUT2D eigenvalue weighted by atomic mass is 9.88. The first kappa shape index (κ1) is 68.0. The number of fused-ring (bicyclic) bond motifs is 10. The lowest BCUT2D eigenvalue weighted by Crippen LogP contribution is -2.46. The molecule has 2 fully saturated rings. The van der Waals surface area contributed by atoms with Gasteiger partial charge in [0.25, 0.3) is 0 Å². The maximum Gasteiger partial charge on any atom is 0.226 e. The average molecular weight is 1390 g/mol. The molecule has 6 aliphatic rings. The Morgan fingerprint density at radius 3 is 1.94 bits per heavy atom. The smallest absolute Gasteiger partial charge is 0.226 e. The van der Waals surface area contributed by atoms with Crippen LogP contribution in [-0.2, 0) is 36.4 Å². The van der Waals surface area contributed by atoms with E-state index in [9.17, 15) is 34.0 Å². The quantitative estimate of drug-likeness (QED) is 0.0617. The third kappa shape index (κ3) is 15.7. The maximum absolute atomic E-state index is 14.9.